The van der Waals surface area contributed by atoms with E-state index in [0.717, 1.165) is 17.8 Å². The number of benzene rings is 1. The molecule has 0 aliphatic rings. The van der Waals surface area contributed by atoms with Gasteiger partial charge in [-0.3, -0.25) is 4.98 Å². The molecule has 5 heteroatoms. The molecule has 2 aromatic rings. The van der Waals surface area contributed by atoms with Crippen molar-refractivity contribution in [1.82, 2.24) is 4.98 Å². The summed E-state index contributed by atoms with van der Waals surface area (Å²) in [6.45, 7) is 0. The summed E-state index contributed by atoms with van der Waals surface area (Å²) in [5, 5.41) is -0.530. The number of halogens is 4. The van der Waals surface area contributed by atoms with Gasteiger partial charge in [0.1, 0.15) is 0 Å². The number of aromatic nitrogens is 1. The molecule has 2 rings (SSSR count). The van der Waals surface area contributed by atoms with Crippen molar-refractivity contribution in [3.8, 4) is 0 Å². The topological polar surface area (TPSA) is 12.9 Å². The predicted molar refractivity (Wildman–Crippen MR) is 68.0 cm³/mol. The predicted octanol–water partition coefficient (Wildman–Crippen LogP) is 4.62. The Hall–Kier alpha value is -1.55. The first kappa shape index (κ1) is 13.9. The van der Waals surface area contributed by atoms with Crippen LogP contribution in [0.3, 0.4) is 0 Å². The molecule has 0 fully saturated rings. The van der Waals surface area contributed by atoms with Crippen LogP contribution in [0.2, 0.25) is 0 Å². The highest BCUT2D eigenvalue weighted by Gasteiger charge is 2.30. The molecule has 1 aromatic heterocycles. The Balaban J connectivity index is 2.18. The van der Waals surface area contributed by atoms with Crippen LogP contribution < -0.4 is 0 Å². The number of hydrogen-bond donors (Lipinski definition) is 0. The van der Waals surface area contributed by atoms with Crippen molar-refractivity contribution in [2.24, 2.45) is 0 Å². The summed E-state index contributed by atoms with van der Waals surface area (Å²) >= 11 is 6.16. The highest BCUT2D eigenvalue weighted by Crippen LogP contribution is 2.32. The Labute approximate surface area is 114 Å². The number of pyridine rings is 1. The molecule has 0 saturated heterocycles. The Morgan fingerprint density at radius 1 is 1.11 bits per heavy atom. The summed E-state index contributed by atoms with van der Waals surface area (Å²) in [7, 11) is 0. The van der Waals surface area contributed by atoms with Gasteiger partial charge in [-0.05, 0) is 23.8 Å². The summed E-state index contributed by atoms with van der Waals surface area (Å²) in [6, 6.07) is 10.5. The van der Waals surface area contributed by atoms with Crippen LogP contribution in [0.4, 0.5) is 13.2 Å². The van der Waals surface area contributed by atoms with Gasteiger partial charge in [0.25, 0.3) is 0 Å². The number of hydrogen-bond acceptors (Lipinski definition) is 1. The molecule has 0 bridgehead atoms. The molecule has 0 amide bonds. The van der Waals surface area contributed by atoms with E-state index in [4.69, 9.17) is 11.6 Å². The van der Waals surface area contributed by atoms with E-state index in [1.165, 1.54) is 6.07 Å². The van der Waals surface area contributed by atoms with E-state index < -0.39 is 17.1 Å². The molecule has 100 valence electrons. The lowest BCUT2D eigenvalue weighted by atomic mass is 10.0. The zero-order chi connectivity index (χ0) is 13.9. The number of nitrogens with zero attached hydrogens (tertiary/aromatic N) is 1. The zero-order valence-electron chi connectivity index (χ0n) is 9.86. The molecule has 0 radical (unpaired) electrons. The Kier molecular flexibility index (Phi) is 4.10. The van der Waals surface area contributed by atoms with E-state index >= 15 is 0 Å². The molecule has 0 N–H and O–H groups in total. The molecular weight excluding hydrogens is 275 g/mol. The van der Waals surface area contributed by atoms with Crippen molar-refractivity contribution >= 4 is 11.6 Å². The van der Waals surface area contributed by atoms with E-state index in [0.29, 0.717) is 12.0 Å². The monoisotopic (exact) mass is 285 g/mol. The third kappa shape index (κ3) is 3.70. The average molecular weight is 286 g/mol. The lowest BCUT2D eigenvalue weighted by Crippen LogP contribution is -2.06. The van der Waals surface area contributed by atoms with Gasteiger partial charge >= 0.3 is 6.18 Å². The van der Waals surface area contributed by atoms with E-state index in [2.05, 4.69) is 4.98 Å². The van der Waals surface area contributed by atoms with Crippen LogP contribution in [0.15, 0.2) is 48.7 Å². The Morgan fingerprint density at radius 3 is 2.53 bits per heavy atom. The fourth-order valence-corrected chi connectivity index (χ4v) is 2.02. The van der Waals surface area contributed by atoms with Crippen LogP contribution in [-0.2, 0) is 12.6 Å². The largest absolute Gasteiger partial charge is 0.416 e. The third-order valence-electron chi connectivity index (χ3n) is 2.69. The van der Waals surface area contributed by atoms with E-state index in [-0.39, 0.29) is 0 Å². The fourth-order valence-electron chi connectivity index (χ4n) is 1.73. The SMILES string of the molecule is FC(F)(F)c1cccc(C(Cl)Cc2ccccn2)c1. The summed E-state index contributed by atoms with van der Waals surface area (Å²) < 4.78 is 37.8. The summed E-state index contributed by atoms with van der Waals surface area (Å²) in [6.07, 6.45) is -2.33. The molecule has 1 heterocycles. The first-order valence-corrected chi connectivity index (χ1v) is 6.11. The smallest absolute Gasteiger partial charge is 0.261 e. The highest BCUT2D eigenvalue weighted by atomic mass is 35.5. The second kappa shape index (κ2) is 5.61. The van der Waals surface area contributed by atoms with Crippen LogP contribution in [0.25, 0.3) is 0 Å². The molecule has 1 atom stereocenters. The van der Waals surface area contributed by atoms with Gasteiger partial charge in [0, 0.05) is 18.3 Å². The van der Waals surface area contributed by atoms with Crippen molar-refractivity contribution < 1.29 is 13.2 Å². The second-order valence-electron chi connectivity index (χ2n) is 4.12. The third-order valence-corrected chi connectivity index (χ3v) is 3.10. The molecule has 0 saturated carbocycles. The molecule has 1 unspecified atom stereocenters. The fraction of sp³-hybridized carbons (Fsp3) is 0.214. The molecule has 1 nitrogen and oxygen atoms in total. The minimum Gasteiger partial charge on any atom is -0.261 e. The zero-order valence-corrected chi connectivity index (χ0v) is 10.6. The lowest BCUT2D eigenvalue weighted by molar-refractivity contribution is -0.137. The van der Waals surface area contributed by atoms with Gasteiger partial charge in [0.05, 0.1) is 10.9 Å². The first-order valence-electron chi connectivity index (χ1n) is 5.68. The maximum atomic E-state index is 12.6. The van der Waals surface area contributed by atoms with Gasteiger partial charge in [0.15, 0.2) is 0 Å². The van der Waals surface area contributed by atoms with Crippen molar-refractivity contribution in [1.29, 1.82) is 0 Å². The van der Waals surface area contributed by atoms with Gasteiger partial charge < -0.3 is 0 Å². The van der Waals surface area contributed by atoms with E-state index in [1.807, 2.05) is 6.07 Å². The van der Waals surface area contributed by atoms with Gasteiger partial charge in [-0.15, -0.1) is 11.6 Å². The van der Waals surface area contributed by atoms with Crippen molar-refractivity contribution in [3.63, 3.8) is 0 Å². The Bertz CT molecular complexity index is 540. The second-order valence-corrected chi connectivity index (χ2v) is 4.64. The highest BCUT2D eigenvalue weighted by molar-refractivity contribution is 6.20. The minimum absolute atomic E-state index is 0.393. The molecular formula is C14H11ClF3N. The van der Waals surface area contributed by atoms with Crippen LogP contribution in [0.5, 0.6) is 0 Å². The van der Waals surface area contributed by atoms with Crippen molar-refractivity contribution in [2.45, 2.75) is 18.0 Å². The molecule has 0 spiro atoms. The van der Waals surface area contributed by atoms with E-state index in [1.54, 1.807) is 24.4 Å². The standard InChI is InChI=1S/C14H11ClF3N/c15-13(9-12-6-1-2-7-19-12)10-4-3-5-11(8-10)14(16,17)18/h1-8,13H,9H2. The molecule has 1 aromatic carbocycles. The normalized spacial score (nSPS) is 13.3. The van der Waals surface area contributed by atoms with Gasteiger partial charge in [-0.25, -0.2) is 0 Å². The van der Waals surface area contributed by atoms with Crippen LogP contribution in [-0.4, -0.2) is 4.98 Å². The van der Waals surface area contributed by atoms with Crippen LogP contribution in [0.1, 0.15) is 22.2 Å². The maximum Gasteiger partial charge on any atom is 0.416 e. The lowest BCUT2D eigenvalue weighted by Gasteiger charge is -2.12. The van der Waals surface area contributed by atoms with Gasteiger partial charge in [-0.2, -0.15) is 13.2 Å². The molecule has 0 aliphatic heterocycles. The first-order chi connectivity index (χ1) is 8.97. The Morgan fingerprint density at radius 2 is 1.89 bits per heavy atom. The summed E-state index contributed by atoms with van der Waals surface area (Å²) in [4.78, 5) is 4.11. The molecule has 0 aliphatic carbocycles. The molecule has 19 heavy (non-hydrogen) atoms. The summed E-state index contributed by atoms with van der Waals surface area (Å²) in [5.41, 5.74) is 0.513. The maximum absolute atomic E-state index is 12.6. The van der Waals surface area contributed by atoms with Crippen LogP contribution >= 0.6 is 11.6 Å². The number of alkyl halides is 4. The van der Waals surface area contributed by atoms with Crippen molar-refractivity contribution in [3.05, 3.63) is 65.5 Å². The van der Waals surface area contributed by atoms with Gasteiger partial charge in [-0.1, -0.05) is 24.3 Å². The summed E-state index contributed by atoms with van der Waals surface area (Å²) in [5.74, 6) is 0. The quantitative estimate of drug-likeness (QED) is 0.750. The van der Waals surface area contributed by atoms with Gasteiger partial charge in [0.2, 0.25) is 0 Å². The van der Waals surface area contributed by atoms with E-state index in [9.17, 15) is 13.2 Å². The minimum atomic E-state index is -4.35. The number of rotatable bonds is 3. The van der Waals surface area contributed by atoms with Crippen LogP contribution in [0, 0.1) is 0 Å². The van der Waals surface area contributed by atoms with Crippen molar-refractivity contribution in [2.75, 3.05) is 0 Å². The average Bonchev–Trinajstić information content (AvgIpc) is 2.39.